The van der Waals surface area contributed by atoms with E-state index >= 15 is 0 Å². The van der Waals surface area contributed by atoms with Crippen LogP contribution in [0.5, 0.6) is 0 Å². The Labute approximate surface area is 122 Å². The van der Waals surface area contributed by atoms with E-state index in [4.69, 9.17) is 34.8 Å². The second-order valence-corrected chi connectivity index (χ2v) is 5.91. The molecule has 1 saturated carbocycles. The van der Waals surface area contributed by atoms with Gasteiger partial charge in [0.2, 0.25) is 0 Å². The van der Waals surface area contributed by atoms with Crippen molar-refractivity contribution >= 4 is 34.8 Å². The molecule has 1 aromatic rings. The highest BCUT2D eigenvalue weighted by Crippen LogP contribution is 2.31. The average Bonchev–Trinajstić information content (AvgIpc) is 2.34. The summed E-state index contributed by atoms with van der Waals surface area (Å²) in [6.07, 6.45) is 3.62. The summed E-state index contributed by atoms with van der Waals surface area (Å²) in [5.74, 6) is 0. The molecule has 2 atom stereocenters. The van der Waals surface area contributed by atoms with Crippen molar-refractivity contribution in [2.45, 2.75) is 44.4 Å². The standard InChI is InChI=1S/C13H16Cl3NO/c14-11-4-5-12(15)13(16)10(11)7-17-8-2-1-3-9(18)6-8/h4-5,8-9,17-18H,1-3,6-7H2. The maximum absolute atomic E-state index is 9.62. The molecule has 2 rings (SSSR count). The van der Waals surface area contributed by atoms with Gasteiger partial charge in [-0.3, -0.25) is 0 Å². The van der Waals surface area contributed by atoms with Crippen LogP contribution in [0.4, 0.5) is 0 Å². The number of rotatable bonds is 3. The van der Waals surface area contributed by atoms with Gasteiger partial charge in [0.05, 0.1) is 16.1 Å². The molecule has 1 aliphatic carbocycles. The van der Waals surface area contributed by atoms with Crippen molar-refractivity contribution in [1.82, 2.24) is 5.32 Å². The van der Waals surface area contributed by atoms with Crippen LogP contribution in [0.2, 0.25) is 15.1 Å². The Morgan fingerprint density at radius 2 is 1.89 bits per heavy atom. The van der Waals surface area contributed by atoms with E-state index in [-0.39, 0.29) is 6.10 Å². The van der Waals surface area contributed by atoms with Gasteiger partial charge in [-0.15, -0.1) is 0 Å². The van der Waals surface area contributed by atoms with Crippen LogP contribution in [0.3, 0.4) is 0 Å². The second-order valence-electron chi connectivity index (χ2n) is 4.72. The molecule has 0 bridgehead atoms. The quantitative estimate of drug-likeness (QED) is 0.826. The van der Waals surface area contributed by atoms with Crippen LogP contribution in [0.15, 0.2) is 12.1 Å². The first-order valence-corrected chi connectivity index (χ1v) is 7.25. The molecule has 0 heterocycles. The highest BCUT2D eigenvalue weighted by Gasteiger charge is 2.20. The minimum absolute atomic E-state index is 0.193. The first kappa shape index (κ1) is 14.4. The van der Waals surface area contributed by atoms with Crippen molar-refractivity contribution in [3.8, 4) is 0 Å². The minimum atomic E-state index is -0.193. The van der Waals surface area contributed by atoms with Gasteiger partial charge >= 0.3 is 0 Å². The smallest absolute Gasteiger partial charge is 0.0652 e. The summed E-state index contributed by atoms with van der Waals surface area (Å²) < 4.78 is 0. The zero-order valence-corrected chi connectivity index (χ0v) is 12.2. The highest BCUT2D eigenvalue weighted by atomic mass is 35.5. The maximum Gasteiger partial charge on any atom is 0.0652 e. The molecule has 18 heavy (non-hydrogen) atoms. The lowest BCUT2D eigenvalue weighted by atomic mass is 9.93. The van der Waals surface area contributed by atoms with E-state index in [0.29, 0.717) is 27.7 Å². The molecule has 0 spiro atoms. The molecule has 0 amide bonds. The Bertz CT molecular complexity index is 425. The first-order valence-electron chi connectivity index (χ1n) is 6.11. The van der Waals surface area contributed by atoms with Gasteiger partial charge in [0.15, 0.2) is 0 Å². The predicted octanol–water partition coefficient (Wildman–Crippen LogP) is 4.04. The van der Waals surface area contributed by atoms with Crippen molar-refractivity contribution in [2.24, 2.45) is 0 Å². The average molecular weight is 309 g/mol. The Kier molecular flexibility index (Phi) is 5.16. The summed E-state index contributed by atoms with van der Waals surface area (Å²) in [6.45, 7) is 0.579. The number of hydrogen-bond acceptors (Lipinski definition) is 2. The van der Waals surface area contributed by atoms with Gasteiger partial charge in [0, 0.05) is 23.2 Å². The third kappa shape index (κ3) is 3.52. The summed E-state index contributed by atoms with van der Waals surface area (Å²) in [4.78, 5) is 0. The van der Waals surface area contributed by atoms with Gasteiger partial charge in [0.1, 0.15) is 0 Å². The molecule has 2 nitrogen and oxygen atoms in total. The normalized spacial score (nSPS) is 24.2. The van der Waals surface area contributed by atoms with Crippen LogP contribution < -0.4 is 5.32 Å². The number of aliphatic hydroxyl groups excluding tert-OH is 1. The SMILES string of the molecule is OC1CCCC(NCc2c(Cl)ccc(Cl)c2Cl)C1. The van der Waals surface area contributed by atoms with Gasteiger partial charge < -0.3 is 10.4 Å². The molecule has 5 heteroatoms. The lowest BCUT2D eigenvalue weighted by Crippen LogP contribution is -2.35. The molecule has 1 aromatic carbocycles. The third-order valence-corrected chi connectivity index (χ3v) is 4.55. The second kappa shape index (κ2) is 6.44. The van der Waals surface area contributed by atoms with Crippen molar-refractivity contribution in [3.05, 3.63) is 32.8 Å². The largest absolute Gasteiger partial charge is 0.393 e. The fourth-order valence-corrected chi connectivity index (χ4v) is 3.01. The fourth-order valence-electron chi connectivity index (χ4n) is 2.33. The zero-order chi connectivity index (χ0) is 13.1. The van der Waals surface area contributed by atoms with E-state index in [1.54, 1.807) is 12.1 Å². The molecule has 1 fully saturated rings. The predicted molar refractivity (Wildman–Crippen MR) is 76.6 cm³/mol. The zero-order valence-electron chi connectivity index (χ0n) is 9.93. The summed E-state index contributed by atoms with van der Waals surface area (Å²) >= 11 is 18.2. The van der Waals surface area contributed by atoms with Gasteiger partial charge in [-0.2, -0.15) is 0 Å². The van der Waals surface area contributed by atoms with Crippen molar-refractivity contribution < 1.29 is 5.11 Å². The van der Waals surface area contributed by atoms with Crippen molar-refractivity contribution in [2.75, 3.05) is 0 Å². The molecule has 2 N–H and O–H groups in total. The number of nitrogens with one attached hydrogen (secondary N) is 1. The Morgan fingerprint density at radius 1 is 1.17 bits per heavy atom. The van der Waals surface area contributed by atoms with Gasteiger partial charge in [-0.25, -0.2) is 0 Å². The van der Waals surface area contributed by atoms with E-state index in [9.17, 15) is 5.11 Å². The van der Waals surface area contributed by atoms with Gasteiger partial charge in [0.25, 0.3) is 0 Å². The molecular formula is C13H16Cl3NO. The van der Waals surface area contributed by atoms with Crippen molar-refractivity contribution in [1.29, 1.82) is 0 Å². The number of halogens is 3. The fraction of sp³-hybridized carbons (Fsp3) is 0.538. The van der Waals surface area contributed by atoms with Crippen LogP contribution in [0.25, 0.3) is 0 Å². The van der Waals surface area contributed by atoms with Crippen molar-refractivity contribution in [3.63, 3.8) is 0 Å². The summed E-state index contributed by atoms with van der Waals surface area (Å²) in [5, 5.41) is 14.6. The van der Waals surface area contributed by atoms with E-state index in [2.05, 4.69) is 5.32 Å². The maximum atomic E-state index is 9.62. The highest BCUT2D eigenvalue weighted by molar-refractivity contribution is 6.44. The summed E-state index contributed by atoms with van der Waals surface area (Å²) in [7, 11) is 0. The van der Waals surface area contributed by atoms with Gasteiger partial charge in [-0.05, 0) is 37.8 Å². The molecule has 0 saturated heterocycles. The Hall–Kier alpha value is 0.01000. The lowest BCUT2D eigenvalue weighted by Gasteiger charge is -2.27. The molecule has 0 aliphatic heterocycles. The van der Waals surface area contributed by atoms with Crippen LogP contribution in [-0.2, 0) is 6.54 Å². The monoisotopic (exact) mass is 307 g/mol. The summed E-state index contributed by atoms with van der Waals surface area (Å²) in [5.41, 5.74) is 0.825. The van der Waals surface area contributed by atoms with E-state index in [0.717, 1.165) is 31.2 Å². The molecule has 0 aromatic heterocycles. The van der Waals surface area contributed by atoms with Gasteiger partial charge in [-0.1, -0.05) is 34.8 Å². The van der Waals surface area contributed by atoms with E-state index in [1.807, 2.05) is 0 Å². The Balaban J connectivity index is 1.99. The van der Waals surface area contributed by atoms with Crippen LogP contribution in [0, 0.1) is 0 Å². The number of aliphatic hydroxyl groups is 1. The molecule has 2 unspecified atom stereocenters. The Morgan fingerprint density at radius 3 is 2.61 bits per heavy atom. The molecule has 1 aliphatic rings. The first-order chi connectivity index (χ1) is 8.58. The molecule has 0 radical (unpaired) electrons. The van der Waals surface area contributed by atoms with E-state index < -0.39 is 0 Å². The number of benzene rings is 1. The topological polar surface area (TPSA) is 32.3 Å². The van der Waals surface area contributed by atoms with Crippen LogP contribution in [0.1, 0.15) is 31.2 Å². The minimum Gasteiger partial charge on any atom is -0.393 e. The molecule has 100 valence electrons. The third-order valence-electron chi connectivity index (χ3n) is 3.35. The van der Waals surface area contributed by atoms with Crippen LogP contribution in [-0.4, -0.2) is 17.3 Å². The molecular weight excluding hydrogens is 293 g/mol. The lowest BCUT2D eigenvalue weighted by molar-refractivity contribution is 0.111. The number of hydrogen-bond donors (Lipinski definition) is 2. The summed E-state index contributed by atoms with van der Waals surface area (Å²) in [6, 6.07) is 3.77. The van der Waals surface area contributed by atoms with E-state index in [1.165, 1.54) is 0 Å². The van der Waals surface area contributed by atoms with Crippen LogP contribution >= 0.6 is 34.8 Å².